The molecule has 0 bridgehead atoms. The molecule has 0 aliphatic heterocycles. The van der Waals surface area contributed by atoms with Gasteiger partial charge in [-0.3, -0.25) is 9.97 Å². The Kier molecular flexibility index (Phi) is 4.22. The summed E-state index contributed by atoms with van der Waals surface area (Å²) < 4.78 is 0. The lowest BCUT2D eigenvalue weighted by molar-refractivity contribution is 0.586. The second-order valence-corrected chi connectivity index (χ2v) is 5.10. The molecule has 2 aromatic heterocycles. The van der Waals surface area contributed by atoms with Gasteiger partial charge in [0.15, 0.2) is 0 Å². The predicted octanol–water partition coefficient (Wildman–Crippen LogP) is 3.72. The van der Waals surface area contributed by atoms with E-state index >= 15 is 0 Å². The highest BCUT2D eigenvalue weighted by Crippen LogP contribution is 2.23. The molecule has 0 amide bonds. The van der Waals surface area contributed by atoms with Crippen molar-refractivity contribution < 1.29 is 0 Å². The summed E-state index contributed by atoms with van der Waals surface area (Å²) in [4.78, 5) is 9.07. The van der Waals surface area contributed by atoms with Gasteiger partial charge in [0.05, 0.1) is 17.3 Å². The Morgan fingerprint density at radius 2 is 1.90 bits per heavy atom. The molecule has 1 atom stereocenters. The zero-order valence-corrected chi connectivity index (χ0v) is 12.2. The minimum atomic E-state index is 0.0863. The number of rotatable bonds is 5. The average Bonchev–Trinajstić information content (AvgIpc) is 2.56. The minimum Gasteiger partial charge on any atom is -0.305 e. The standard InChI is InChI=1S/C18H19N3/c1-2-10-20-18(17-9-5-6-11-19-17)15-12-14-7-3-4-8-16(14)21-13-15/h3-9,11-13,18,20H,2,10H2,1H3. The van der Waals surface area contributed by atoms with E-state index in [0.29, 0.717) is 0 Å². The predicted molar refractivity (Wildman–Crippen MR) is 86.1 cm³/mol. The summed E-state index contributed by atoms with van der Waals surface area (Å²) in [5, 5.41) is 4.73. The van der Waals surface area contributed by atoms with Crippen LogP contribution in [0.5, 0.6) is 0 Å². The Balaban J connectivity index is 2.01. The molecule has 0 saturated heterocycles. The summed E-state index contributed by atoms with van der Waals surface area (Å²) in [6, 6.07) is 16.5. The molecular weight excluding hydrogens is 258 g/mol. The smallest absolute Gasteiger partial charge is 0.0766 e. The van der Waals surface area contributed by atoms with Crippen LogP contribution in [0.1, 0.15) is 30.6 Å². The summed E-state index contributed by atoms with van der Waals surface area (Å²) in [6.07, 6.45) is 4.87. The first-order valence-corrected chi connectivity index (χ1v) is 7.37. The molecule has 3 heteroatoms. The molecule has 3 nitrogen and oxygen atoms in total. The first kappa shape index (κ1) is 13.7. The van der Waals surface area contributed by atoms with Crippen molar-refractivity contribution >= 4 is 10.9 Å². The number of nitrogens with one attached hydrogen (secondary N) is 1. The van der Waals surface area contributed by atoms with Gasteiger partial charge >= 0.3 is 0 Å². The third kappa shape index (κ3) is 3.09. The van der Waals surface area contributed by atoms with Crippen LogP contribution in [0.25, 0.3) is 10.9 Å². The van der Waals surface area contributed by atoms with Crippen molar-refractivity contribution in [2.24, 2.45) is 0 Å². The van der Waals surface area contributed by atoms with Crippen molar-refractivity contribution in [3.05, 3.63) is 72.2 Å². The van der Waals surface area contributed by atoms with Gasteiger partial charge in [0, 0.05) is 17.8 Å². The van der Waals surface area contributed by atoms with Crippen molar-refractivity contribution in [3.8, 4) is 0 Å². The normalized spacial score (nSPS) is 12.4. The Morgan fingerprint density at radius 3 is 2.71 bits per heavy atom. The van der Waals surface area contributed by atoms with Crippen LogP contribution in [0.3, 0.4) is 0 Å². The number of aromatic nitrogens is 2. The Morgan fingerprint density at radius 1 is 1.05 bits per heavy atom. The van der Waals surface area contributed by atoms with E-state index in [1.165, 1.54) is 0 Å². The third-order valence-corrected chi connectivity index (χ3v) is 3.53. The summed E-state index contributed by atoms with van der Waals surface area (Å²) in [5.41, 5.74) is 3.21. The number of fused-ring (bicyclic) bond motifs is 1. The average molecular weight is 277 g/mol. The maximum Gasteiger partial charge on any atom is 0.0766 e. The number of benzene rings is 1. The van der Waals surface area contributed by atoms with E-state index in [4.69, 9.17) is 0 Å². The number of hydrogen-bond donors (Lipinski definition) is 1. The van der Waals surface area contributed by atoms with Crippen molar-refractivity contribution in [2.45, 2.75) is 19.4 Å². The fourth-order valence-corrected chi connectivity index (χ4v) is 2.47. The third-order valence-electron chi connectivity index (χ3n) is 3.53. The molecule has 0 saturated carbocycles. The van der Waals surface area contributed by atoms with Crippen molar-refractivity contribution in [1.29, 1.82) is 0 Å². The monoisotopic (exact) mass is 277 g/mol. The molecule has 106 valence electrons. The highest BCUT2D eigenvalue weighted by Gasteiger charge is 2.15. The van der Waals surface area contributed by atoms with Gasteiger partial charge in [-0.05, 0) is 42.8 Å². The molecule has 1 N–H and O–H groups in total. The van der Waals surface area contributed by atoms with Crippen LogP contribution >= 0.6 is 0 Å². The molecule has 0 aliphatic rings. The lowest BCUT2D eigenvalue weighted by atomic mass is 10.0. The van der Waals surface area contributed by atoms with Crippen LogP contribution in [0, 0.1) is 0 Å². The highest BCUT2D eigenvalue weighted by atomic mass is 14.9. The molecule has 0 fully saturated rings. The Hall–Kier alpha value is -2.26. The van der Waals surface area contributed by atoms with E-state index in [1.807, 2.05) is 42.7 Å². The summed E-state index contributed by atoms with van der Waals surface area (Å²) in [5.74, 6) is 0. The van der Waals surface area contributed by atoms with Gasteiger partial charge in [-0.1, -0.05) is 31.2 Å². The largest absolute Gasteiger partial charge is 0.305 e. The van der Waals surface area contributed by atoms with Gasteiger partial charge < -0.3 is 5.32 Å². The SMILES string of the molecule is CCCNC(c1cnc2ccccc2c1)c1ccccn1. The van der Waals surface area contributed by atoms with Gasteiger partial charge in [-0.15, -0.1) is 0 Å². The summed E-state index contributed by atoms with van der Waals surface area (Å²) in [6.45, 7) is 3.12. The topological polar surface area (TPSA) is 37.8 Å². The molecule has 2 heterocycles. The van der Waals surface area contributed by atoms with E-state index in [1.54, 1.807) is 0 Å². The summed E-state index contributed by atoms with van der Waals surface area (Å²) in [7, 11) is 0. The molecular formula is C18H19N3. The van der Waals surface area contributed by atoms with Crippen LogP contribution in [-0.4, -0.2) is 16.5 Å². The number of nitrogens with zero attached hydrogens (tertiary/aromatic N) is 2. The zero-order valence-electron chi connectivity index (χ0n) is 12.2. The maximum atomic E-state index is 4.57. The molecule has 1 aromatic carbocycles. The fraction of sp³-hybridized carbons (Fsp3) is 0.222. The molecule has 0 spiro atoms. The molecule has 0 aliphatic carbocycles. The van der Waals surface area contributed by atoms with Gasteiger partial charge in [0.2, 0.25) is 0 Å². The van der Waals surface area contributed by atoms with Crippen LogP contribution < -0.4 is 5.32 Å². The van der Waals surface area contributed by atoms with E-state index in [2.05, 4.69) is 40.4 Å². The first-order valence-electron chi connectivity index (χ1n) is 7.37. The molecule has 3 aromatic rings. The lowest BCUT2D eigenvalue weighted by Crippen LogP contribution is -2.24. The van der Waals surface area contributed by atoms with Crippen LogP contribution in [0.2, 0.25) is 0 Å². The first-order chi connectivity index (χ1) is 10.4. The van der Waals surface area contributed by atoms with E-state index in [-0.39, 0.29) is 6.04 Å². The second-order valence-electron chi connectivity index (χ2n) is 5.10. The fourth-order valence-electron chi connectivity index (χ4n) is 2.47. The lowest BCUT2D eigenvalue weighted by Gasteiger charge is -2.18. The molecule has 0 radical (unpaired) electrons. The minimum absolute atomic E-state index is 0.0863. The van der Waals surface area contributed by atoms with Crippen molar-refractivity contribution in [2.75, 3.05) is 6.54 Å². The van der Waals surface area contributed by atoms with E-state index < -0.39 is 0 Å². The van der Waals surface area contributed by atoms with Crippen LogP contribution in [0.15, 0.2) is 60.9 Å². The number of pyridine rings is 2. The number of para-hydroxylation sites is 1. The maximum absolute atomic E-state index is 4.57. The Labute approximate surface area is 125 Å². The number of hydrogen-bond acceptors (Lipinski definition) is 3. The van der Waals surface area contributed by atoms with Crippen molar-refractivity contribution in [3.63, 3.8) is 0 Å². The molecule has 21 heavy (non-hydrogen) atoms. The van der Waals surface area contributed by atoms with Crippen LogP contribution in [-0.2, 0) is 0 Å². The van der Waals surface area contributed by atoms with Crippen molar-refractivity contribution in [1.82, 2.24) is 15.3 Å². The Bertz CT molecular complexity index is 710. The van der Waals surface area contributed by atoms with Gasteiger partial charge in [0.1, 0.15) is 0 Å². The van der Waals surface area contributed by atoms with Gasteiger partial charge in [0.25, 0.3) is 0 Å². The van der Waals surface area contributed by atoms with Gasteiger partial charge in [-0.25, -0.2) is 0 Å². The quantitative estimate of drug-likeness (QED) is 0.772. The van der Waals surface area contributed by atoms with E-state index in [0.717, 1.165) is 35.1 Å². The molecule has 3 rings (SSSR count). The summed E-state index contributed by atoms with van der Waals surface area (Å²) >= 11 is 0. The molecule has 1 unspecified atom stereocenters. The van der Waals surface area contributed by atoms with Gasteiger partial charge in [-0.2, -0.15) is 0 Å². The second kappa shape index (κ2) is 6.46. The zero-order chi connectivity index (χ0) is 14.5. The van der Waals surface area contributed by atoms with Crippen LogP contribution in [0.4, 0.5) is 0 Å². The van der Waals surface area contributed by atoms with E-state index in [9.17, 15) is 0 Å². The highest BCUT2D eigenvalue weighted by molar-refractivity contribution is 5.78.